The number of carbonyl (C=O) groups is 2. The van der Waals surface area contributed by atoms with Gasteiger partial charge in [0.05, 0.1) is 13.1 Å². The highest BCUT2D eigenvalue weighted by molar-refractivity contribution is 5.92. The number of fused-ring (bicyclic) bond motifs is 5. The van der Waals surface area contributed by atoms with Crippen molar-refractivity contribution in [1.82, 2.24) is 10.2 Å². The van der Waals surface area contributed by atoms with Crippen LogP contribution >= 0.6 is 0 Å². The molecule has 7 nitrogen and oxygen atoms in total. The fourth-order valence-electron chi connectivity index (χ4n) is 3.39. The minimum absolute atomic E-state index is 0.385. The van der Waals surface area contributed by atoms with Gasteiger partial charge >= 0.3 is 11.9 Å². The fourth-order valence-corrected chi connectivity index (χ4v) is 3.39. The zero-order valence-corrected chi connectivity index (χ0v) is 13.2. The Morgan fingerprint density at radius 2 is 2.08 bits per heavy atom. The lowest BCUT2D eigenvalue weighted by Gasteiger charge is -2.36. The molecule has 1 aromatic carbocycles. The van der Waals surface area contributed by atoms with Gasteiger partial charge in [0.2, 0.25) is 0 Å². The van der Waals surface area contributed by atoms with Gasteiger partial charge in [0.1, 0.15) is 5.84 Å². The van der Waals surface area contributed by atoms with Crippen molar-refractivity contribution in [2.24, 2.45) is 4.99 Å². The monoisotopic (exact) mass is 327 g/mol. The van der Waals surface area contributed by atoms with Crippen LogP contribution in [0.5, 0.6) is 0 Å². The summed E-state index contributed by atoms with van der Waals surface area (Å²) in [5.74, 6) is -0.374. The van der Waals surface area contributed by atoms with E-state index in [0.717, 1.165) is 35.7 Å². The largest absolute Gasteiger partial charge is 0.439 e. The van der Waals surface area contributed by atoms with E-state index in [0.29, 0.717) is 13.1 Å². The fraction of sp³-hybridized carbons (Fsp3) is 0.353. The van der Waals surface area contributed by atoms with Crippen LogP contribution in [0.15, 0.2) is 41.4 Å². The predicted octanol–water partition coefficient (Wildman–Crippen LogP) is 0.831. The number of esters is 2. The van der Waals surface area contributed by atoms with Crippen LogP contribution in [0, 0.1) is 0 Å². The highest BCUT2D eigenvalue weighted by atomic mass is 16.6. The summed E-state index contributed by atoms with van der Waals surface area (Å²) in [4.78, 5) is 30.4. The summed E-state index contributed by atoms with van der Waals surface area (Å²) in [6, 6.07) is 7.52. The second-order valence-electron chi connectivity index (χ2n) is 6.00. The van der Waals surface area contributed by atoms with Gasteiger partial charge in [0.15, 0.2) is 12.0 Å². The van der Waals surface area contributed by atoms with E-state index in [9.17, 15) is 9.59 Å². The van der Waals surface area contributed by atoms with E-state index in [1.807, 2.05) is 36.1 Å². The molecule has 0 amide bonds. The standard InChI is InChI=1S/C17H17N3O4/c1-17-12-5-3-2-4-11(12)16(20(17)10-13-18-8-9-19-13)23-14(21)6-7-15(22)24-17/h2-7,16H,8-10H2,1H3,(H,18,19)/b7-6-. The molecule has 2 bridgehead atoms. The molecular weight excluding hydrogens is 310 g/mol. The van der Waals surface area contributed by atoms with Crippen LogP contribution in [0.3, 0.4) is 0 Å². The van der Waals surface area contributed by atoms with Gasteiger partial charge in [-0.05, 0) is 6.92 Å². The van der Waals surface area contributed by atoms with Gasteiger partial charge in [0, 0.05) is 29.8 Å². The quantitative estimate of drug-likeness (QED) is 0.811. The van der Waals surface area contributed by atoms with Crippen LogP contribution in [0.25, 0.3) is 0 Å². The Morgan fingerprint density at radius 1 is 1.29 bits per heavy atom. The molecule has 2 atom stereocenters. The number of hydrogen-bond donors (Lipinski definition) is 1. The summed E-state index contributed by atoms with van der Waals surface area (Å²) in [5.41, 5.74) is 0.584. The average molecular weight is 327 g/mol. The molecule has 4 rings (SSSR count). The summed E-state index contributed by atoms with van der Waals surface area (Å²) >= 11 is 0. The molecule has 0 saturated carbocycles. The molecule has 2 unspecified atom stereocenters. The Balaban J connectivity index is 1.82. The Labute approximate surface area is 138 Å². The first-order valence-corrected chi connectivity index (χ1v) is 7.83. The summed E-state index contributed by atoms with van der Waals surface area (Å²) in [7, 11) is 0. The van der Waals surface area contributed by atoms with Crippen molar-refractivity contribution in [3.8, 4) is 0 Å². The lowest BCUT2D eigenvalue weighted by Crippen LogP contribution is -2.48. The SMILES string of the molecule is CC12OC(=O)/C=C\C(=O)OC(c3ccccc31)N2CC1=NCCN1. The number of carbonyl (C=O) groups excluding carboxylic acids is 2. The Hall–Kier alpha value is -2.67. The smallest absolute Gasteiger partial charge is 0.333 e. The van der Waals surface area contributed by atoms with E-state index < -0.39 is 23.9 Å². The minimum atomic E-state index is -1.04. The van der Waals surface area contributed by atoms with Crippen LogP contribution in [0.2, 0.25) is 0 Å². The third-order valence-corrected chi connectivity index (χ3v) is 4.50. The van der Waals surface area contributed by atoms with Gasteiger partial charge < -0.3 is 14.8 Å². The van der Waals surface area contributed by atoms with E-state index in [1.54, 1.807) is 0 Å². The summed E-state index contributed by atoms with van der Waals surface area (Å²) in [5, 5.41) is 3.20. The van der Waals surface area contributed by atoms with Crippen LogP contribution in [-0.2, 0) is 24.8 Å². The Bertz CT molecular complexity index is 773. The van der Waals surface area contributed by atoms with Gasteiger partial charge in [-0.3, -0.25) is 4.99 Å². The number of aliphatic imine (C=N–C) groups is 1. The first kappa shape index (κ1) is 14.9. The normalized spacial score (nSPS) is 30.2. The molecule has 3 heterocycles. The second kappa shape index (κ2) is 5.45. The van der Waals surface area contributed by atoms with E-state index >= 15 is 0 Å². The molecule has 24 heavy (non-hydrogen) atoms. The summed E-state index contributed by atoms with van der Waals surface area (Å²) in [6.07, 6.45) is 1.55. The van der Waals surface area contributed by atoms with Gasteiger partial charge in [-0.1, -0.05) is 24.3 Å². The first-order chi connectivity index (χ1) is 11.6. The topological polar surface area (TPSA) is 80.2 Å². The third-order valence-electron chi connectivity index (χ3n) is 4.50. The number of nitrogens with one attached hydrogen (secondary N) is 1. The lowest BCUT2D eigenvalue weighted by molar-refractivity contribution is -0.198. The number of amidine groups is 1. The van der Waals surface area contributed by atoms with Crippen LogP contribution in [-0.4, -0.2) is 42.3 Å². The van der Waals surface area contributed by atoms with Gasteiger partial charge in [0.25, 0.3) is 0 Å². The zero-order valence-electron chi connectivity index (χ0n) is 13.2. The maximum absolute atomic E-state index is 12.1. The first-order valence-electron chi connectivity index (χ1n) is 7.83. The predicted molar refractivity (Wildman–Crippen MR) is 84.9 cm³/mol. The lowest BCUT2D eigenvalue weighted by atomic mass is 10.0. The molecule has 0 spiro atoms. The van der Waals surface area contributed by atoms with Crippen LogP contribution in [0.4, 0.5) is 0 Å². The number of hydrogen-bond acceptors (Lipinski definition) is 7. The van der Waals surface area contributed by atoms with Gasteiger partial charge in [-0.2, -0.15) is 0 Å². The molecule has 3 aliphatic rings. The Morgan fingerprint density at radius 3 is 2.88 bits per heavy atom. The van der Waals surface area contributed by atoms with Gasteiger partial charge in [-0.15, -0.1) is 0 Å². The van der Waals surface area contributed by atoms with E-state index in [2.05, 4.69) is 10.3 Å². The molecule has 0 aliphatic carbocycles. The van der Waals surface area contributed by atoms with Crippen LogP contribution in [0.1, 0.15) is 24.3 Å². The molecule has 124 valence electrons. The number of rotatable bonds is 2. The van der Waals surface area contributed by atoms with Gasteiger partial charge in [-0.25, -0.2) is 14.5 Å². The number of ether oxygens (including phenoxy) is 2. The van der Waals surface area contributed by atoms with Crippen molar-refractivity contribution in [1.29, 1.82) is 0 Å². The maximum Gasteiger partial charge on any atom is 0.333 e. The van der Waals surface area contributed by atoms with Crippen molar-refractivity contribution in [2.45, 2.75) is 18.9 Å². The van der Waals surface area contributed by atoms with Crippen molar-refractivity contribution in [2.75, 3.05) is 19.6 Å². The maximum atomic E-state index is 12.1. The summed E-state index contributed by atoms with van der Waals surface area (Å²) in [6.45, 7) is 3.68. The van der Waals surface area contributed by atoms with E-state index in [-0.39, 0.29) is 0 Å². The second-order valence-corrected chi connectivity index (χ2v) is 6.00. The molecule has 0 fully saturated rings. The molecular formula is C17H17N3O4. The minimum Gasteiger partial charge on any atom is -0.439 e. The third kappa shape index (κ3) is 2.28. The number of benzene rings is 1. The molecule has 3 aliphatic heterocycles. The molecule has 7 heteroatoms. The van der Waals surface area contributed by atoms with Crippen LogP contribution < -0.4 is 5.32 Å². The van der Waals surface area contributed by atoms with Crippen molar-refractivity contribution >= 4 is 17.8 Å². The van der Waals surface area contributed by atoms with E-state index in [1.165, 1.54) is 0 Å². The zero-order chi connectivity index (χ0) is 16.7. The summed E-state index contributed by atoms with van der Waals surface area (Å²) < 4.78 is 11.3. The molecule has 0 aromatic heterocycles. The Kier molecular flexibility index (Phi) is 3.38. The molecule has 0 saturated heterocycles. The molecule has 1 N–H and O–H groups in total. The molecule has 1 aromatic rings. The van der Waals surface area contributed by atoms with Crippen molar-refractivity contribution in [3.63, 3.8) is 0 Å². The van der Waals surface area contributed by atoms with Crippen molar-refractivity contribution < 1.29 is 19.1 Å². The van der Waals surface area contributed by atoms with E-state index in [4.69, 9.17) is 9.47 Å². The highest BCUT2D eigenvalue weighted by Crippen LogP contribution is 2.47. The highest BCUT2D eigenvalue weighted by Gasteiger charge is 2.52. The average Bonchev–Trinajstić information content (AvgIpc) is 3.15. The van der Waals surface area contributed by atoms with Crippen molar-refractivity contribution in [3.05, 3.63) is 47.5 Å². The molecule has 0 radical (unpaired) electrons. The number of nitrogens with zero attached hydrogens (tertiary/aromatic N) is 2.